The van der Waals surface area contributed by atoms with Crippen molar-refractivity contribution < 1.29 is 9.21 Å². The Morgan fingerprint density at radius 1 is 1.41 bits per heavy atom. The molecule has 1 heterocycles. The third-order valence-corrected chi connectivity index (χ3v) is 2.63. The molecule has 0 aliphatic heterocycles. The van der Waals surface area contributed by atoms with Gasteiger partial charge in [0.2, 0.25) is 0 Å². The normalized spacial score (nSPS) is 10.7. The second kappa shape index (κ2) is 4.49. The lowest BCUT2D eigenvalue weighted by molar-refractivity contribution is 0.0981. The van der Waals surface area contributed by atoms with Gasteiger partial charge in [-0.15, -0.1) is 0 Å². The van der Waals surface area contributed by atoms with Crippen LogP contribution in [0.15, 0.2) is 27.4 Å². The molecule has 4 nitrogen and oxygen atoms in total. The summed E-state index contributed by atoms with van der Waals surface area (Å²) in [5.74, 6) is -0.568. The molecule has 0 unspecified atom stereocenters. The topological polar surface area (TPSA) is 60.2 Å². The second-order valence-corrected chi connectivity index (χ2v) is 3.95. The molecule has 0 spiro atoms. The van der Waals surface area contributed by atoms with Crippen LogP contribution in [0.2, 0.25) is 0 Å². The number of aryl methyl sites for hydroxylation is 1. The van der Waals surface area contributed by atoms with Crippen LogP contribution in [0.3, 0.4) is 0 Å². The van der Waals surface area contributed by atoms with E-state index >= 15 is 0 Å². The molecule has 2 aromatic rings. The van der Waals surface area contributed by atoms with Gasteiger partial charge in [0.1, 0.15) is 5.58 Å². The molecule has 1 aromatic carbocycles. The smallest absolute Gasteiger partial charge is 0.408 e. The van der Waals surface area contributed by atoms with Crippen LogP contribution in [-0.4, -0.2) is 10.8 Å². The fourth-order valence-electron chi connectivity index (χ4n) is 1.76. The van der Waals surface area contributed by atoms with E-state index in [9.17, 15) is 9.59 Å². The predicted molar refractivity (Wildman–Crippen MR) is 64.3 cm³/mol. The first-order chi connectivity index (χ1) is 8.11. The van der Waals surface area contributed by atoms with Gasteiger partial charge in [0, 0.05) is 17.4 Å². The summed E-state index contributed by atoms with van der Waals surface area (Å²) in [6.45, 7) is 3.69. The number of benzene rings is 1. The highest BCUT2D eigenvalue weighted by Gasteiger charge is 2.08. The summed E-state index contributed by atoms with van der Waals surface area (Å²) in [4.78, 5) is 26.6. The molecule has 0 saturated heterocycles. The molecule has 1 aromatic heterocycles. The van der Waals surface area contributed by atoms with Crippen molar-refractivity contribution in [3.63, 3.8) is 0 Å². The number of ketones is 1. The summed E-state index contributed by atoms with van der Waals surface area (Å²) in [6.07, 6.45) is 1.30. The monoisotopic (exact) mass is 231 g/mol. The lowest BCUT2D eigenvalue weighted by atomic mass is 10.0. The first-order valence-corrected chi connectivity index (χ1v) is 5.56. The number of nitrogens with zero attached hydrogens (tertiary/aromatic N) is 1. The van der Waals surface area contributed by atoms with Crippen molar-refractivity contribution in [3.8, 4) is 0 Å². The minimum Gasteiger partial charge on any atom is -0.408 e. The van der Waals surface area contributed by atoms with Gasteiger partial charge in [-0.1, -0.05) is 13.0 Å². The van der Waals surface area contributed by atoms with E-state index in [0.717, 1.165) is 11.8 Å². The fraction of sp³-hybridized carbons (Fsp3) is 0.308. The number of hydrogen-bond acceptors (Lipinski definition) is 4. The molecule has 4 heteroatoms. The van der Waals surface area contributed by atoms with Crippen molar-refractivity contribution in [1.82, 2.24) is 4.98 Å². The predicted octanol–water partition coefficient (Wildman–Crippen LogP) is 2.48. The Morgan fingerprint density at radius 3 is 2.88 bits per heavy atom. The summed E-state index contributed by atoms with van der Waals surface area (Å²) in [7, 11) is 0. The summed E-state index contributed by atoms with van der Waals surface area (Å²) in [5, 5.41) is 0.762. The molecule has 0 N–H and O–H groups in total. The van der Waals surface area contributed by atoms with Crippen LogP contribution >= 0.6 is 0 Å². The first kappa shape index (κ1) is 11.5. The molecule has 2 rings (SSSR count). The van der Waals surface area contributed by atoms with Crippen LogP contribution in [0.5, 0.6) is 0 Å². The van der Waals surface area contributed by atoms with Gasteiger partial charge in [0.25, 0.3) is 0 Å². The van der Waals surface area contributed by atoms with E-state index in [1.165, 1.54) is 0 Å². The molecule has 0 bridgehead atoms. The van der Waals surface area contributed by atoms with Crippen molar-refractivity contribution in [3.05, 3.63) is 40.0 Å². The first-order valence-electron chi connectivity index (χ1n) is 5.56. The van der Waals surface area contributed by atoms with E-state index in [-0.39, 0.29) is 5.78 Å². The number of hydrogen-bond donors (Lipinski definition) is 0. The summed E-state index contributed by atoms with van der Waals surface area (Å²) >= 11 is 0. The van der Waals surface area contributed by atoms with Crippen molar-refractivity contribution >= 4 is 16.8 Å². The molecule has 88 valence electrons. The summed E-state index contributed by atoms with van der Waals surface area (Å²) in [6, 6.07) is 5.13. The zero-order valence-corrected chi connectivity index (χ0v) is 9.82. The molecule has 0 atom stereocenters. The molecule has 0 radical (unpaired) electrons. The highest BCUT2D eigenvalue weighted by molar-refractivity contribution is 5.99. The van der Waals surface area contributed by atoms with Gasteiger partial charge >= 0.3 is 5.76 Å². The number of carbonyl (C=O) groups is 1. The van der Waals surface area contributed by atoms with Gasteiger partial charge in [-0.05, 0) is 25.5 Å². The number of carbonyl (C=O) groups excluding carboxylic acids is 1. The highest BCUT2D eigenvalue weighted by atomic mass is 16.4. The summed E-state index contributed by atoms with van der Waals surface area (Å²) in [5.41, 5.74) is 1.61. The number of Topliss-reactive ketones (excluding diaryl/α,β-unsaturated/α-hetero) is 1. The SMILES string of the molecule is CCCC(=O)c1ccc2c(C)nc(=O)oc2c1. The van der Waals surface area contributed by atoms with Crippen LogP contribution in [0.1, 0.15) is 35.8 Å². The Labute approximate surface area is 98.3 Å². The molecule has 17 heavy (non-hydrogen) atoms. The van der Waals surface area contributed by atoms with E-state index < -0.39 is 5.76 Å². The van der Waals surface area contributed by atoms with Gasteiger partial charge in [0.15, 0.2) is 5.78 Å². The molecule has 0 saturated carbocycles. The largest absolute Gasteiger partial charge is 0.439 e. The van der Waals surface area contributed by atoms with Crippen LogP contribution in [-0.2, 0) is 0 Å². The van der Waals surface area contributed by atoms with E-state index in [0.29, 0.717) is 23.3 Å². The van der Waals surface area contributed by atoms with Gasteiger partial charge in [0.05, 0.1) is 5.69 Å². The standard InChI is InChI=1S/C13H13NO3/c1-3-4-11(15)9-5-6-10-8(2)14-13(16)17-12(10)7-9/h5-7H,3-4H2,1-2H3. The minimum absolute atomic E-state index is 0.0616. The van der Waals surface area contributed by atoms with Crippen LogP contribution in [0.25, 0.3) is 11.0 Å². The minimum atomic E-state index is -0.630. The van der Waals surface area contributed by atoms with Crippen molar-refractivity contribution in [2.24, 2.45) is 0 Å². The average Bonchev–Trinajstić information content (AvgIpc) is 2.28. The molecule has 0 aliphatic rings. The Hall–Kier alpha value is -1.97. The van der Waals surface area contributed by atoms with E-state index in [2.05, 4.69) is 4.98 Å². The van der Waals surface area contributed by atoms with E-state index in [4.69, 9.17) is 4.42 Å². The number of fused-ring (bicyclic) bond motifs is 1. The second-order valence-electron chi connectivity index (χ2n) is 3.95. The average molecular weight is 231 g/mol. The molecular weight excluding hydrogens is 218 g/mol. The Balaban J connectivity index is 2.57. The maximum absolute atomic E-state index is 11.7. The highest BCUT2D eigenvalue weighted by Crippen LogP contribution is 2.17. The lowest BCUT2D eigenvalue weighted by Crippen LogP contribution is -2.06. The van der Waals surface area contributed by atoms with Gasteiger partial charge < -0.3 is 4.42 Å². The Kier molecular flexibility index (Phi) is 3.04. The molecular formula is C13H13NO3. The molecule has 0 aliphatic carbocycles. The zero-order valence-electron chi connectivity index (χ0n) is 9.82. The Bertz CT molecular complexity index is 628. The van der Waals surface area contributed by atoms with Crippen molar-refractivity contribution in [2.45, 2.75) is 26.7 Å². The van der Waals surface area contributed by atoms with Crippen LogP contribution in [0.4, 0.5) is 0 Å². The summed E-state index contributed by atoms with van der Waals surface area (Å²) < 4.78 is 4.99. The number of aromatic nitrogens is 1. The van der Waals surface area contributed by atoms with Gasteiger partial charge in [-0.2, -0.15) is 4.98 Å². The third-order valence-electron chi connectivity index (χ3n) is 2.63. The van der Waals surface area contributed by atoms with Gasteiger partial charge in [-0.25, -0.2) is 4.79 Å². The van der Waals surface area contributed by atoms with E-state index in [1.54, 1.807) is 25.1 Å². The maximum Gasteiger partial charge on any atom is 0.439 e. The zero-order chi connectivity index (χ0) is 12.4. The molecule has 0 fully saturated rings. The quantitative estimate of drug-likeness (QED) is 0.761. The van der Waals surface area contributed by atoms with Crippen LogP contribution in [0, 0.1) is 6.92 Å². The van der Waals surface area contributed by atoms with E-state index in [1.807, 2.05) is 6.92 Å². The lowest BCUT2D eigenvalue weighted by Gasteiger charge is -2.02. The third kappa shape index (κ3) is 2.25. The maximum atomic E-state index is 11.7. The Morgan fingerprint density at radius 2 is 2.18 bits per heavy atom. The van der Waals surface area contributed by atoms with Crippen molar-refractivity contribution in [1.29, 1.82) is 0 Å². The molecule has 0 amide bonds. The van der Waals surface area contributed by atoms with Crippen LogP contribution < -0.4 is 5.76 Å². The van der Waals surface area contributed by atoms with Gasteiger partial charge in [-0.3, -0.25) is 4.79 Å². The van der Waals surface area contributed by atoms with Crippen molar-refractivity contribution in [2.75, 3.05) is 0 Å². The fourth-order valence-corrected chi connectivity index (χ4v) is 1.76. The number of rotatable bonds is 3.